The minimum absolute atomic E-state index is 0.218. The Morgan fingerprint density at radius 2 is 1.58 bits per heavy atom. The predicted molar refractivity (Wildman–Crippen MR) is 113 cm³/mol. The first kappa shape index (κ1) is 20.9. The van der Waals surface area contributed by atoms with E-state index in [1.54, 1.807) is 30.3 Å². The van der Waals surface area contributed by atoms with Crippen molar-refractivity contribution in [3.8, 4) is 0 Å². The molecule has 7 heteroatoms. The van der Waals surface area contributed by atoms with Crippen LogP contribution in [0.2, 0.25) is 0 Å². The molecular formula is C19H23IN2O3S. The van der Waals surface area contributed by atoms with Crippen molar-refractivity contribution in [3.63, 3.8) is 0 Å². The molecule has 26 heavy (non-hydrogen) atoms. The van der Waals surface area contributed by atoms with Crippen molar-refractivity contribution in [2.75, 3.05) is 18.4 Å². The summed E-state index contributed by atoms with van der Waals surface area (Å²) in [6, 6.07) is 13.6. The normalized spacial score (nSPS) is 11.5. The lowest BCUT2D eigenvalue weighted by molar-refractivity contribution is 0.102. The van der Waals surface area contributed by atoms with Crippen LogP contribution in [0.1, 0.15) is 37.0 Å². The molecule has 5 nitrogen and oxygen atoms in total. The highest BCUT2D eigenvalue weighted by Crippen LogP contribution is 2.20. The molecule has 0 radical (unpaired) electrons. The number of halogens is 1. The number of anilines is 1. The predicted octanol–water partition coefficient (Wildman–Crippen LogP) is 4.35. The Kier molecular flexibility index (Phi) is 7.60. The molecule has 0 aliphatic carbocycles. The van der Waals surface area contributed by atoms with Gasteiger partial charge in [-0.15, -0.1) is 0 Å². The highest BCUT2D eigenvalue weighted by atomic mass is 127. The average Bonchev–Trinajstić information content (AvgIpc) is 2.62. The number of carbonyl (C=O) groups excluding carboxylic acids is 1. The monoisotopic (exact) mass is 486 g/mol. The van der Waals surface area contributed by atoms with Gasteiger partial charge in [-0.25, -0.2) is 8.42 Å². The number of sulfonamides is 1. The first-order valence-electron chi connectivity index (χ1n) is 8.56. The molecular weight excluding hydrogens is 463 g/mol. The summed E-state index contributed by atoms with van der Waals surface area (Å²) < 4.78 is 27.9. The largest absolute Gasteiger partial charge is 0.322 e. The smallest absolute Gasteiger partial charge is 0.256 e. The summed E-state index contributed by atoms with van der Waals surface area (Å²) in [4.78, 5) is 12.6. The number of hydrogen-bond donors (Lipinski definition) is 1. The molecule has 2 aromatic rings. The molecule has 0 fully saturated rings. The van der Waals surface area contributed by atoms with E-state index >= 15 is 0 Å². The van der Waals surface area contributed by atoms with Crippen LogP contribution in [0, 0.1) is 3.57 Å². The molecule has 140 valence electrons. The van der Waals surface area contributed by atoms with Gasteiger partial charge in [-0.1, -0.05) is 26.0 Å². The van der Waals surface area contributed by atoms with Gasteiger partial charge in [0.05, 0.1) is 10.5 Å². The van der Waals surface area contributed by atoms with E-state index in [4.69, 9.17) is 0 Å². The standard InChI is InChI=1S/C19H23IN2O3S/c1-3-13-22(14-4-2)26(24,25)16-11-9-15(10-12-16)21-19(23)17-7-5-6-8-18(17)20/h5-12H,3-4,13-14H2,1-2H3,(H,21,23). The fraction of sp³-hybridized carbons (Fsp3) is 0.316. The second-order valence-electron chi connectivity index (χ2n) is 5.86. The molecule has 0 heterocycles. The van der Waals surface area contributed by atoms with Crippen molar-refractivity contribution < 1.29 is 13.2 Å². The van der Waals surface area contributed by atoms with Gasteiger partial charge < -0.3 is 5.32 Å². The Labute approximate surface area is 169 Å². The van der Waals surface area contributed by atoms with Crippen LogP contribution in [-0.4, -0.2) is 31.7 Å². The number of hydrogen-bond acceptors (Lipinski definition) is 3. The molecule has 2 rings (SSSR count). The summed E-state index contributed by atoms with van der Waals surface area (Å²) in [7, 11) is -3.51. The van der Waals surface area contributed by atoms with E-state index in [-0.39, 0.29) is 10.8 Å². The van der Waals surface area contributed by atoms with Gasteiger partial charge in [0.1, 0.15) is 0 Å². The highest BCUT2D eigenvalue weighted by molar-refractivity contribution is 14.1. The van der Waals surface area contributed by atoms with E-state index < -0.39 is 10.0 Å². The third-order valence-corrected chi connectivity index (χ3v) is 6.67. The van der Waals surface area contributed by atoms with Crippen molar-refractivity contribution in [2.24, 2.45) is 0 Å². The average molecular weight is 486 g/mol. The number of nitrogens with one attached hydrogen (secondary N) is 1. The van der Waals surface area contributed by atoms with E-state index in [0.717, 1.165) is 16.4 Å². The van der Waals surface area contributed by atoms with Crippen molar-refractivity contribution in [1.29, 1.82) is 0 Å². The molecule has 0 saturated carbocycles. The minimum Gasteiger partial charge on any atom is -0.322 e. The summed E-state index contributed by atoms with van der Waals surface area (Å²) >= 11 is 2.11. The number of amides is 1. The quantitative estimate of drug-likeness (QED) is 0.565. The first-order chi connectivity index (χ1) is 12.4. The van der Waals surface area contributed by atoms with E-state index in [1.807, 2.05) is 32.0 Å². The van der Waals surface area contributed by atoms with Gasteiger partial charge in [0.2, 0.25) is 10.0 Å². The molecule has 1 amide bonds. The second-order valence-corrected chi connectivity index (χ2v) is 8.96. The van der Waals surface area contributed by atoms with E-state index in [0.29, 0.717) is 24.3 Å². The molecule has 0 aliphatic heterocycles. The van der Waals surface area contributed by atoms with Crippen LogP contribution >= 0.6 is 22.6 Å². The molecule has 1 N–H and O–H groups in total. The zero-order valence-corrected chi connectivity index (χ0v) is 17.9. The van der Waals surface area contributed by atoms with Gasteiger partial charge in [-0.2, -0.15) is 4.31 Å². The summed E-state index contributed by atoms with van der Waals surface area (Å²) in [5, 5.41) is 2.81. The second kappa shape index (κ2) is 9.48. The molecule has 0 aliphatic rings. The van der Waals surface area contributed by atoms with Gasteiger partial charge >= 0.3 is 0 Å². The summed E-state index contributed by atoms with van der Waals surface area (Å²) in [6.07, 6.45) is 1.53. The van der Waals surface area contributed by atoms with Crippen molar-refractivity contribution in [2.45, 2.75) is 31.6 Å². The van der Waals surface area contributed by atoms with Crippen LogP contribution in [-0.2, 0) is 10.0 Å². The molecule has 0 unspecified atom stereocenters. The number of carbonyl (C=O) groups is 1. The van der Waals surface area contributed by atoms with Crippen LogP contribution in [0.4, 0.5) is 5.69 Å². The van der Waals surface area contributed by atoms with E-state index in [2.05, 4.69) is 27.9 Å². The molecule has 0 atom stereocenters. The Morgan fingerprint density at radius 1 is 1.00 bits per heavy atom. The van der Waals surface area contributed by atoms with E-state index in [1.165, 1.54) is 4.31 Å². The molecule has 0 aromatic heterocycles. The fourth-order valence-corrected chi connectivity index (χ4v) is 4.81. The Bertz CT molecular complexity index is 845. The van der Waals surface area contributed by atoms with Crippen LogP contribution in [0.5, 0.6) is 0 Å². The number of nitrogens with zero attached hydrogens (tertiary/aromatic N) is 1. The van der Waals surface area contributed by atoms with E-state index in [9.17, 15) is 13.2 Å². The zero-order chi connectivity index (χ0) is 19.2. The van der Waals surface area contributed by atoms with Crippen molar-refractivity contribution in [3.05, 3.63) is 57.7 Å². The van der Waals surface area contributed by atoms with Crippen LogP contribution < -0.4 is 5.32 Å². The van der Waals surface area contributed by atoms with Gasteiger partial charge in [0.25, 0.3) is 5.91 Å². The Balaban J connectivity index is 2.17. The summed E-state index contributed by atoms with van der Waals surface area (Å²) in [6.45, 7) is 4.92. The highest BCUT2D eigenvalue weighted by Gasteiger charge is 2.23. The van der Waals surface area contributed by atoms with Crippen molar-refractivity contribution >= 4 is 44.2 Å². The molecule has 2 aromatic carbocycles. The lowest BCUT2D eigenvalue weighted by Crippen LogP contribution is -2.32. The van der Waals surface area contributed by atoms with Crippen LogP contribution in [0.15, 0.2) is 53.4 Å². The van der Waals surface area contributed by atoms with Gasteiger partial charge in [-0.3, -0.25) is 4.79 Å². The maximum absolute atomic E-state index is 12.7. The number of rotatable bonds is 8. The molecule has 0 saturated heterocycles. The summed E-state index contributed by atoms with van der Waals surface area (Å²) in [5.41, 5.74) is 1.15. The third-order valence-electron chi connectivity index (χ3n) is 3.81. The van der Waals surface area contributed by atoms with Gasteiger partial charge in [0, 0.05) is 22.3 Å². The molecule has 0 bridgehead atoms. The third kappa shape index (κ3) is 5.05. The van der Waals surface area contributed by atoms with Gasteiger partial charge in [0.15, 0.2) is 0 Å². The Morgan fingerprint density at radius 3 is 2.12 bits per heavy atom. The SMILES string of the molecule is CCCN(CCC)S(=O)(=O)c1ccc(NC(=O)c2ccccc2I)cc1. The van der Waals surface area contributed by atoms with Crippen molar-refractivity contribution in [1.82, 2.24) is 4.31 Å². The first-order valence-corrected chi connectivity index (χ1v) is 11.1. The lowest BCUT2D eigenvalue weighted by Gasteiger charge is -2.21. The van der Waals surface area contributed by atoms with Crippen LogP contribution in [0.25, 0.3) is 0 Å². The Hall–Kier alpha value is -1.45. The number of benzene rings is 2. The minimum atomic E-state index is -3.51. The summed E-state index contributed by atoms with van der Waals surface area (Å²) in [5.74, 6) is -0.218. The maximum Gasteiger partial charge on any atom is 0.256 e. The van der Waals surface area contributed by atoms with Crippen LogP contribution in [0.3, 0.4) is 0 Å². The fourth-order valence-electron chi connectivity index (χ4n) is 2.55. The maximum atomic E-state index is 12.7. The van der Waals surface area contributed by atoms with Gasteiger partial charge in [-0.05, 0) is 71.8 Å². The zero-order valence-electron chi connectivity index (χ0n) is 14.9. The lowest BCUT2D eigenvalue weighted by atomic mass is 10.2. The molecule has 0 spiro atoms. The topological polar surface area (TPSA) is 66.5 Å².